The number of hydrogen-bond donors (Lipinski definition) is 1. The molecule has 2 aromatic rings. The summed E-state index contributed by atoms with van der Waals surface area (Å²) in [5.41, 5.74) is 3.42. The van der Waals surface area contributed by atoms with E-state index in [4.69, 9.17) is 0 Å². The van der Waals surface area contributed by atoms with Crippen molar-refractivity contribution in [3.05, 3.63) is 46.2 Å². The van der Waals surface area contributed by atoms with Crippen LogP contribution in [0.25, 0.3) is 5.69 Å². The van der Waals surface area contributed by atoms with Crippen LogP contribution in [0.2, 0.25) is 0 Å². The molecule has 94 valence electrons. The lowest BCUT2D eigenvalue weighted by Gasteiger charge is -2.04. The van der Waals surface area contributed by atoms with Crippen molar-refractivity contribution in [1.82, 2.24) is 15.1 Å². The van der Waals surface area contributed by atoms with Crippen LogP contribution >= 0.6 is 15.9 Å². The van der Waals surface area contributed by atoms with E-state index in [0.29, 0.717) is 0 Å². The molecule has 0 radical (unpaired) electrons. The summed E-state index contributed by atoms with van der Waals surface area (Å²) in [5, 5.41) is 8.06. The van der Waals surface area contributed by atoms with Crippen LogP contribution in [0.3, 0.4) is 0 Å². The van der Waals surface area contributed by atoms with Crippen molar-refractivity contribution in [3.8, 4) is 5.69 Å². The minimum Gasteiger partial charge on any atom is -0.308 e. The Labute approximate surface area is 115 Å². The Balaban J connectivity index is 1.76. The lowest BCUT2D eigenvalue weighted by molar-refractivity contribution is 0.665. The summed E-state index contributed by atoms with van der Waals surface area (Å²) < 4.78 is 3.04. The molecule has 1 N–H and O–H groups in total. The summed E-state index contributed by atoms with van der Waals surface area (Å²) in [7, 11) is 0. The molecule has 3 rings (SSSR count). The van der Waals surface area contributed by atoms with Crippen LogP contribution < -0.4 is 5.32 Å². The van der Waals surface area contributed by atoms with Gasteiger partial charge in [-0.3, -0.25) is 0 Å². The number of aromatic nitrogens is 2. The van der Waals surface area contributed by atoms with Gasteiger partial charge in [0.1, 0.15) is 0 Å². The number of aryl methyl sites for hydroxylation is 1. The molecular weight excluding hydrogens is 290 g/mol. The van der Waals surface area contributed by atoms with Gasteiger partial charge in [0.15, 0.2) is 0 Å². The van der Waals surface area contributed by atoms with E-state index < -0.39 is 0 Å². The molecule has 4 heteroatoms. The summed E-state index contributed by atoms with van der Waals surface area (Å²) in [6, 6.07) is 9.08. The van der Waals surface area contributed by atoms with E-state index in [1.54, 1.807) is 0 Å². The first kappa shape index (κ1) is 11.9. The van der Waals surface area contributed by atoms with Gasteiger partial charge in [-0.25, -0.2) is 4.68 Å². The highest BCUT2D eigenvalue weighted by Gasteiger charge is 2.20. The average molecular weight is 306 g/mol. The minimum atomic E-state index is 0.726. The molecule has 1 aromatic carbocycles. The van der Waals surface area contributed by atoms with Crippen molar-refractivity contribution in [2.75, 3.05) is 0 Å². The maximum atomic E-state index is 4.58. The van der Waals surface area contributed by atoms with Crippen LogP contribution in [0.4, 0.5) is 0 Å². The normalized spacial score (nSPS) is 15.0. The molecule has 0 atom stereocenters. The first-order valence-electron chi connectivity index (χ1n) is 6.27. The van der Waals surface area contributed by atoms with Gasteiger partial charge in [-0.15, -0.1) is 0 Å². The van der Waals surface area contributed by atoms with E-state index in [0.717, 1.165) is 28.4 Å². The summed E-state index contributed by atoms with van der Waals surface area (Å²) in [6.07, 6.45) is 4.64. The van der Waals surface area contributed by atoms with E-state index in [2.05, 4.69) is 57.5 Å². The van der Waals surface area contributed by atoms with Gasteiger partial charge in [0.25, 0.3) is 0 Å². The lowest BCUT2D eigenvalue weighted by atomic mass is 10.2. The molecule has 0 aliphatic heterocycles. The molecule has 0 amide bonds. The minimum absolute atomic E-state index is 0.726. The zero-order valence-electron chi connectivity index (χ0n) is 10.4. The second-order valence-corrected chi connectivity index (χ2v) is 5.69. The quantitative estimate of drug-likeness (QED) is 0.940. The largest absolute Gasteiger partial charge is 0.308 e. The number of halogens is 1. The van der Waals surface area contributed by atoms with Gasteiger partial charge < -0.3 is 5.32 Å². The smallest absolute Gasteiger partial charge is 0.0766 e. The van der Waals surface area contributed by atoms with E-state index in [1.165, 1.54) is 18.4 Å². The van der Waals surface area contributed by atoms with Gasteiger partial charge in [0, 0.05) is 23.3 Å². The first-order chi connectivity index (χ1) is 8.72. The highest BCUT2D eigenvalue weighted by molar-refractivity contribution is 9.10. The molecule has 0 spiro atoms. The summed E-state index contributed by atoms with van der Waals surface area (Å²) >= 11 is 3.55. The third kappa shape index (κ3) is 2.65. The van der Waals surface area contributed by atoms with Crippen molar-refractivity contribution in [1.29, 1.82) is 0 Å². The Bertz CT molecular complexity index is 558. The van der Waals surface area contributed by atoms with E-state index in [9.17, 15) is 0 Å². The van der Waals surface area contributed by atoms with Gasteiger partial charge in [-0.05, 0) is 43.5 Å². The Morgan fingerprint density at radius 2 is 2.22 bits per heavy atom. The molecule has 1 aromatic heterocycles. The molecular formula is C14H16BrN3. The van der Waals surface area contributed by atoms with Gasteiger partial charge in [0.2, 0.25) is 0 Å². The second kappa shape index (κ2) is 4.86. The molecule has 0 bridgehead atoms. The van der Waals surface area contributed by atoms with Gasteiger partial charge in [0.05, 0.1) is 11.4 Å². The van der Waals surface area contributed by atoms with Gasteiger partial charge in [-0.1, -0.05) is 22.0 Å². The van der Waals surface area contributed by atoms with Crippen molar-refractivity contribution < 1.29 is 0 Å². The molecule has 1 aliphatic rings. The zero-order chi connectivity index (χ0) is 12.5. The third-order valence-corrected chi connectivity index (χ3v) is 4.07. The monoisotopic (exact) mass is 305 g/mol. The number of rotatable bonds is 4. The van der Waals surface area contributed by atoms with Crippen molar-refractivity contribution in [2.24, 2.45) is 0 Å². The number of hydrogen-bond acceptors (Lipinski definition) is 2. The standard InChI is InChI=1S/C14H16BrN3/c1-10-2-5-13(8-14(10)15)18-7-6-12(17-18)9-16-11-3-4-11/h2,5-8,11,16H,3-4,9H2,1H3. The van der Waals surface area contributed by atoms with Gasteiger partial charge >= 0.3 is 0 Å². The number of nitrogens with one attached hydrogen (secondary N) is 1. The fraction of sp³-hybridized carbons (Fsp3) is 0.357. The van der Waals surface area contributed by atoms with Crippen LogP contribution in [-0.4, -0.2) is 15.8 Å². The van der Waals surface area contributed by atoms with Crippen LogP contribution in [0.15, 0.2) is 34.9 Å². The van der Waals surface area contributed by atoms with Crippen LogP contribution in [0.5, 0.6) is 0 Å². The molecule has 3 nitrogen and oxygen atoms in total. The van der Waals surface area contributed by atoms with E-state index >= 15 is 0 Å². The highest BCUT2D eigenvalue weighted by Crippen LogP contribution is 2.21. The first-order valence-corrected chi connectivity index (χ1v) is 7.06. The Morgan fingerprint density at radius 3 is 2.94 bits per heavy atom. The average Bonchev–Trinajstić information content (AvgIpc) is 3.08. The second-order valence-electron chi connectivity index (χ2n) is 4.84. The fourth-order valence-corrected chi connectivity index (χ4v) is 2.23. The molecule has 0 unspecified atom stereocenters. The SMILES string of the molecule is Cc1ccc(-n2ccc(CNC3CC3)n2)cc1Br. The predicted molar refractivity (Wildman–Crippen MR) is 75.9 cm³/mol. The highest BCUT2D eigenvalue weighted by atomic mass is 79.9. The molecule has 1 fully saturated rings. The summed E-state index contributed by atoms with van der Waals surface area (Å²) in [5.74, 6) is 0. The van der Waals surface area contributed by atoms with Gasteiger partial charge in [-0.2, -0.15) is 5.10 Å². The van der Waals surface area contributed by atoms with Crippen LogP contribution in [0.1, 0.15) is 24.1 Å². The lowest BCUT2D eigenvalue weighted by Crippen LogP contribution is -2.15. The number of nitrogens with zero attached hydrogens (tertiary/aromatic N) is 2. The summed E-state index contributed by atoms with van der Waals surface area (Å²) in [6.45, 7) is 2.95. The molecule has 18 heavy (non-hydrogen) atoms. The maximum Gasteiger partial charge on any atom is 0.0766 e. The summed E-state index contributed by atoms with van der Waals surface area (Å²) in [4.78, 5) is 0. The van der Waals surface area contributed by atoms with Crippen molar-refractivity contribution >= 4 is 15.9 Å². The van der Waals surface area contributed by atoms with E-state index in [-0.39, 0.29) is 0 Å². The van der Waals surface area contributed by atoms with E-state index in [1.807, 2.05) is 10.9 Å². The Hall–Kier alpha value is -1.13. The molecule has 1 heterocycles. The Kier molecular flexibility index (Phi) is 3.22. The Morgan fingerprint density at radius 1 is 1.39 bits per heavy atom. The van der Waals surface area contributed by atoms with Crippen molar-refractivity contribution in [2.45, 2.75) is 32.4 Å². The fourth-order valence-electron chi connectivity index (χ4n) is 1.86. The molecule has 1 saturated carbocycles. The van der Waals surface area contributed by atoms with Crippen LogP contribution in [-0.2, 0) is 6.54 Å². The van der Waals surface area contributed by atoms with Crippen LogP contribution in [0, 0.1) is 6.92 Å². The maximum absolute atomic E-state index is 4.58. The third-order valence-electron chi connectivity index (χ3n) is 3.21. The zero-order valence-corrected chi connectivity index (χ0v) is 11.9. The number of benzene rings is 1. The van der Waals surface area contributed by atoms with Crippen molar-refractivity contribution in [3.63, 3.8) is 0 Å². The topological polar surface area (TPSA) is 29.9 Å². The predicted octanol–water partition coefficient (Wildman–Crippen LogP) is 3.20. The molecule has 0 saturated heterocycles. The molecule has 1 aliphatic carbocycles.